The third kappa shape index (κ3) is 6.00. The second-order valence-electron chi connectivity index (χ2n) is 5.19. The largest absolute Gasteiger partial charge is 0.355 e. The molecule has 0 spiro atoms. The fraction of sp³-hybridized carbons (Fsp3) is 0.278. The molecule has 2 aromatic carbocycles. The molecule has 6 heteroatoms. The van der Waals surface area contributed by atoms with E-state index in [0.29, 0.717) is 46.5 Å². The van der Waals surface area contributed by atoms with Crippen molar-refractivity contribution in [2.45, 2.75) is 18.6 Å². The summed E-state index contributed by atoms with van der Waals surface area (Å²) in [6.07, 6.45) is 1.01. The van der Waals surface area contributed by atoms with Crippen LogP contribution in [0.4, 0.5) is 4.39 Å². The molecule has 24 heavy (non-hydrogen) atoms. The third-order valence-electron chi connectivity index (χ3n) is 3.46. The molecule has 0 aliphatic carbocycles. The number of hydrogen-bond acceptors (Lipinski definition) is 2. The Morgan fingerprint density at radius 3 is 2.58 bits per heavy atom. The zero-order chi connectivity index (χ0) is 17.4. The molecule has 0 radical (unpaired) electrons. The van der Waals surface area contributed by atoms with Gasteiger partial charge in [-0.15, -0.1) is 0 Å². The minimum Gasteiger partial charge on any atom is -0.355 e. The van der Waals surface area contributed by atoms with Gasteiger partial charge >= 0.3 is 0 Å². The molecule has 0 fully saturated rings. The zero-order valence-electron chi connectivity index (χ0n) is 13.0. The molecule has 128 valence electrons. The molecule has 0 bridgehead atoms. The first-order valence-electron chi connectivity index (χ1n) is 7.58. The van der Waals surface area contributed by atoms with E-state index >= 15 is 0 Å². The number of halogens is 3. The summed E-state index contributed by atoms with van der Waals surface area (Å²) in [5.74, 6) is 0.877. The van der Waals surface area contributed by atoms with Crippen LogP contribution in [0.25, 0.3) is 0 Å². The van der Waals surface area contributed by atoms with Crippen LogP contribution in [0.1, 0.15) is 17.5 Å². The molecule has 0 unspecified atom stereocenters. The van der Waals surface area contributed by atoms with Gasteiger partial charge in [0.05, 0.1) is 0 Å². The Bertz CT molecular complexity index is 676. The number of rotatable bonds is 8. The van der Waals surface area contributed by atoms with Crippen LogP contribution in [0.5, 0.6) is 0 Å². The maximum Gasteiger partial charge on any atom is 0.220 e. The Morgan fingerprint density at radius 1 is 1.08 bits per heavy atom. The van der Waals surface area contributed by atoms with E-state index in [4.69, 9.17) is 23.2 Å². The van der Waals surface area contributed by atoms with Gasteiger partial charge in [-0.25, -0.2) is 4.39 Å². The molecule has 0 heterocycles. The van der Waals surface area contributed by atoms with Crippen molar-refractivity contribution in [3.05, 3.63) is 69.5 Å². The monoisotopic (exact) mass is 385 g/mol. The van der Waals surface area contributed by atoms with Crippen molar-refractivity contribution in [3.63, 3.8) is 0 Å². The minimum absolute atomic E-state index is 0.0144. The molecule has 2 nitrogen and oxygen atoms in total. The minimum atomic E-state index is -0.293. The molecule has 2 aromatic rings. The van der Waals surface area contributed by atoms with Crippen LogP contribution in [0.3, 0.4) is 0 Å². The van der Waals surface area contributed by atoms with Crippen molar-refractivity contribution in [3.8, 4) is 0 Å². The second kappa shape index (κ2) is 9.92. The molecule has 0 aliphatic rings. The lowest BCUT2D eigenvalue weighted by molar-refractivity contribution is -0.120. The summed E-state index contributed by atoms with van der Waals surface area (Å²) >= 11 is 13.6. The van der Waals surface area contributed by atoms with E-state index in [0.717, 1.165) is 5.56 Å². The van der Waals surface area contributed by atoms with Gasteiger partial charge < -0.3 is 5.32 Å². The summed E-state index contributed by atoms with van der Waals surface area (Å²) in [6.45, 7) is 0.540. The van der Waals surface area contributed by atoms with Crippen LogP contribution < -0.4 is 5.32 Å². The van der Waals surface area contributed by atoms with E-state index in [1.807, 2.05) is 24.3 Å². The summed E-state index contributed by atoms with van der Waals surface area (Å²) in [5, 5.41) is 3.98. The quantitative estimate of drug-likeness (QED) is 0.639. The standard InChI is InChI=1S/C18H18Cl2FNOS/c19-15-5-2-1-4-13(15)8-9-18(23)22-10-11-24-12-14-16(20)6-3-7-17(14)21/h1-7H,8-12H2,(H,22,23). The summed E-state index contributed by atoms with van der Waals surface area (Å²) in [6, 6.07) is 12.2. The van der Waals surface area contributed by atoms with Crippen LogP contribution in [-0.2, 0) is 17.0 Å². The predicted octanol–water partition coefficient (Wildman–Crippen LogP) is 5.11. The van der Waals surface area contributed by atoms with Crippen molar-refractivity contribution in [1.82, 2.24) is 5.32 Å². The molecule has 0 saturated heterocycles. The first-order valence-corrected chi connectivity index (χ1v) is 9.49. The predicted molar refractivity (Wildman–Crippen MR) is 100 cm³/mol. The molecule has 1 N–H and O–H groups in total. The van der Waals surface area contributed by atoms with Crippen LogP contribution in [0.15, 0.2) is 42.5 Å². The normalized spacial score (nSPS) is 10.6. The highest BCUT2D eigenvalue weighted by Crippen LogP contribution is 2.23. The maximum absolute atomic E-state index is 13.6. The lowest BCUT2D eigenvalue weighted by Crippen LogP contribution is -2.26. The number of thioether (sulfide) groups is 1. The van der Waals surface area contributed by atoms with E-state index in [1.54, 1.807) is 12.1 Å². The topological polar surface area (TPSA) is 29.1 Å². The number of hydrogen-bond donors (Lipinski definition) is 1. The Labute approximate surface area is 155 Å². The van der Waals surface area contributed by atoms with Gasteiger partial charge in [0.2, 0.25) is 5.91 Å². The van der Waals surface area contributed by atoms with Crippen LogP contribution in [0, 0.1) is 5.82 Å². The highest BCUT2D eigenvalue weighted by molar-refractivity contribution is 7.98. The molecule has 0 saturated carbocycles. The SMILES string of the molecule is O=C(CCc1ccccc1Cl)NCCSCc1c(F)cccc1Cl. The van der Waals surface area contributed by atoms with Gasteiger partial charge in [-0.2, -0.15) is 11.8 Å². The average Bonchev–Trinajstić information content (AvgIpc) is 2.56. The third-order valence-corrected chi connectivity index (χ3v) is 5.16. The number of benzene rings is 2. The summed E-state index contributed by atoms with van der Waals surface area (Å²) in [5.41, 5.74) is 1.48. The molecule has 0 aliphatic heterocycles. The van der Waals surface area contributed by atoms with Gasteiger partial charge in [-0.1, -0.05) is 47.5 Å². The van der Waals surface area contributed by atoms with Gasteiger partial charge in [0.15, 0.2) is 0 Å². The maximum atomic E-state index is 13.6. The zero-order valence-corrected chi connectivity index (χ0v) is 15.4. The number of carbonyl (C=O) groups is 1. The highest BCUT2D eigenvalue weighted by atomic mass is 35.5. The number of aryl methyl sites for hydroxylation is 1. The second-order valence-corrected chi connectivity index (χ2v) is 7.11. The molecule has 2 rings (SSSR count). The smallest absolute Gasteiger partial charge is 0.220 e. The van der Waals surface area contributed by atoms with Crippen LogP contribution >= 0.6 is 35.0 Å². The highest BCUT2D eigenvalue weighted by Gasteiger charge is 2.07. The fourth-order valence-corrected chi connectivity index (χ4v) is 3.57. The van der Waals surface area contributed by atoms with Crippen molar-refractivity contribution in [2.75, 3.05) is 12.3 Å². The summed E-state index contributed by atoms with van der Waals surface area (Å²) in [4.78, 5) is 11.8. The molecule has 0 aromatic heterocycles. The van der Waals surface area contributed by atoms with Crippen molar-refractivity contribution >= 4 is 40.9 Å². The summed E-state index contributed by atoms with van der Waals surface area (Å²) < 4.78 is 13.6. The molecule has 0 atom stereocenters. The molecule has 1 amide bonds. The van der Waals surface area contributed by atoms with Gasteiger partial charge in [-0.05, 0) is 30.2 Å². The van der Waals surface area contributed by atoms with Crippen molar-refractivity contribution in [2.24, 2.45) is 0 Å². The Morgan fingerprint density at radius 2 is 1.83 bits per heavy atom. The number of amides is 1. The first kappa shape index (κ1) is 19.1. The van der Waals surface area contributed by atoms with E-state index < -0.39 is 0 Å². The van der Waals surface area contributed by atoms with E-state index in [2.05, 4.69) is 5.32 Å². The van der Waals surface area contributed by atoms with Gasteiger partial charge in [0, 0.05) is 40.1 Å². The van der Waals surface area contributed by atoms with Crippen molar-refractivity contribution < 1.29 is 9.18 Å². The summed E-state index contributed by atoms with van der Waals surface area (Å²) in [7, 11) is 0. The lowest BCUT2D eigenvalue weighted by atomic mass is 10.1. The van der Waals surface area contributed by atoms with E-state index in [9.17, 15) is 9.18 Å². The van der Waals surface area contributed by atoms with E-state index in [1.165, 1.54) is 17.8 Å². The van der Waals surface area contributed by atoms with Crippen LogP contribution in [0.2, 0.25) is 10.0 Å². The Hall–Kier alpha value is -1.23. The van der Waals surface area contributed by atoms with Gasteiger partial charge in [0.1, 0.15) is 5.82 Å². The first-order chi connectivity index (χ1) is 11.6. The number of nitrogens with one attached hydrogen (secondary N) is 1. The van der Waals surface area contributed by atoms with E-state index in [-0.39, 0.29) is 11.7 Å². The Balaban J connectivity index is 1.64. The fourth-order valence-electron chi connectivity index (χ4n) is 2.14. The van der Waals surface area contributed by atoms with Gasteiger partial charge in [0.25, 0.3) is 0 Å². The Kier molecular flexibility index (Phi) is 7.89. The average molecular weight is 386 g/mol. The lowest BCUT2D eigenvalue weighted by Gasteiger charge is -2.08. The molecular formula is C18H18Cl2FNOS. The number of carbonyl (C=O) groups excluding carboxylic acids is 1. The van der Waals surface area contributed by atoms with Crippen molar-refractivity contribution in [1.29, 1.82) is 0 Å². The molecular weight excluding hydrogens is 368 g/mol. The van der Waals surface area contributed by atoms with Gasteiger partial charge in [-0.3, -0.25) is 4.79 Å². The van der Waals surface area contributed by atoms with Crippen LogP contribution in [-0.4, -0.2) is 18.2 Å².